The van der Waals surface area contributed by atoms with Gasteiger partial charge in [-0.1, -0.05) is 25.5 Å². The molecule has 0 saturated heterocycles. The highest BCUT2D eigenvalue weighted by atomic mass is 19.1. The molecule has 5 nitrogen and oxygen atoms in total. The Morgan fingerprint density at radius 1 is 1.32 bits per heavy atom. The summed E-state index contributed by atoms with van der Waals surface area (Å²) in [6.45, 7) is 4.35. The Hall–Kier alpha value is -2.63. The fraction of sp³-hybridized carbons (Fsp3) is 0.455. The number of benzene rings is 1. The van der Waals surface area contributed by atoms with Crippen molar-refractivity contribution in [2.75, 3.05) is 12.4 Å². The summed E-state index contributed by atoms with van der Waals surface area (Å²) >= 11 is 0. The van der Waals surface area contributed by atoms with E-state index in [1.165, 1.54) is 18.2 Å². The molecule has 1 aromatic heterocycles. The zero-order valence-corrected chi connectivity index (χ0v) is 16.7. The third kappa shape index (κ3) is 3.96. The number of amides is 1. The maximum absolute atomic E-state index is 13.8. The minimum absolute atomic E-state index is 0.124. The van der Waals surface area contributed by atoms with Crippen LogP contribution >= 0.6 is 0 Å². The standard InChI is InChI=1S/C22H28FN3O2/c1-4-11-26-14(2)20(18(24-3)13-19(26)27)22(28)25-21(15-7-5-8-15)16-9-6-10-17(23)12-16/h6,9-10,12-13,15,21,24H,4-5,7-8,11H2,1-3H3,(H,25,28)/t21-/m0/s1. The molecule has 2 aromatic rings. The van der Waals surface area contributed by atoms with Gasteiger partial charge in [-0.15, -0.1) is 0 Å². The van der Waals surface area contributed by atoms with Crippen LogP contribution in [0.25, 0.3) is 0 Å². The van der Waals surface area contributed by atoms with Crippen LogP contribution in [0, 0.1) is 18.7 Å². The number of rotatable bonds is 7. The summed E-state index contributed by atoms with van der Waals surface area (Å²) < 4.78 is 15.4. The molecule has 1 aliphatic carbocycles. The number of halogens is 1. The SMILES string of the molecule is CCCn1c(C)c(C(=O)N[C@H](c2cccc(F)c2)C2CCC2)c(NC)cc1=O. The van der Waals surface area contributed by atoms with E-state index in [1.807, 2.05) is 13.0 Å². The van der Waals surface area contributed by atoms with Crippen LogP contribution in [-0.2, 0) is 6.54 Å². The van der Waals surface area contributed by atoms with Crippen molar-refractivity contribution in [2.45, 2.75) is 52.1 Å². The van der Waals surface area contributed by atoms with Crippen molar-refractivity contribution >= 4 is 11.6 Å². The second-order valence-corrected chi connectivity index (χ2v) is 7.46. The summed E-state index contributed by atoms with van der Waals surface area (Å²) in [4.78, 5) is 25.6. The number of aromatic nitrogens is 1. The van der Waals surface area contributed by atoms with Gasteiger partial charge in [-0.25, -0.2) is 4.39 Å². The van der Waals surface area contributed by atoms with Gasteiger partial charge in [-0.05, 0) is 49.8 Å². The zero-order chi connectivity index (χ0) is 20.3. The van der Waals surface area contributed by atoms with Crippen molar-refractivity contribution in [2.24, 2.45) is 5.92 Å². The minimum atomic E-state index is -0.306. The van der Waals surface area contributed by atoms with E-state index in [0.29, 0.717) is 29.4 Å². The summed E-state index contributed by atoms with van der Waals surface area (Å²) in [6.07, 6.45) is 3.94. The number of nitrogens with zero attached hydrogens (tertiary/aromatic N) is 1. The monoisotopic (exact) mass is 385 g/mol. The predicted octanol–water partition coefficient (Wildman–Crippen LogP) is 4.02. The Kier molecular flexibility index (Phi) is 6.17. The molecule has 0 spiro atoms. The number of hydrogen-bond donors (Lipinski definition) is 2. The summed E-state index contributed by atoms with van der Waals surface area (Å²) in [6, 6.07) is 7.66. The molecule has 28 heavy (non-hydrogen) atoms. The van der Waals surface area contributed by atoms with Gasteiger partial charge in [0.1, 0.15) is 5.82 Å². The third-order valence-electron chi connectivity index (χ3n) is 5.63. The van der Waals surface area contributed by atoms with Crippen LogP contribution in [0.2, 0.25) is 0 Å². The van der Waals surface area contributed by atoms with Crippen LogP contribution in [0.3, 0.4) is 0 Å². The van der Waals surface area contributed by atoms with Gasteiger partial charge in [0.2, 0.25) is 0 Å². The molecule has 0 aliphatic heterocycles. The van der Waals surface area contributed by atoms with E-state index >= 15 is 0 Å². The molecular formula is C22H28FN3O2. The van der Waals surface area contributed by atoms with Crippen LogP contribution in [0.1, 0.15) is 60.3 Å². The van der Waals surface area contributed by atoms with Crippen molar-refractivity contribution in [3.63, 3.8) is 0 Å². The molecule has 1 aromatic carbocycles. The molecule has 3 rings (SSSR count). The van der Waals surface area contributed by atoms with Crippen LogP contribution in [-0.4, -0.2) is 17.5 Å². The number of carbonyl (C=O) groups is 1. The average molecular weight is 385 g/mol. The summed E-state index contributed by atoms with van der Waals surface area (Å²) in [5.41, 5.74) is 2.28. The van der Waals surface area contributed by atoms with Gasteiger partial charge in [0.25, 0.3) is 11.5 Å². The first kappa shape index (κ1) is 20.1. The molecule has 2 N–H and O–H groups in total. The predicted molar refractivity (Wildman–Crippen MR) is 109 cm³/mol. The zero-order valence-electron chi connectivity index (χ0n) is 16.7. The van der Waals surface area contributed by atoms with Crippen LogP contribution in [0.5, 0.6) is 0 Å². The molecule has 0 bridgehead atoms. The van der Waals surface area contributed by atoms with E-state index in [4.69, 9.17) is 0 Å². The number of nitrogens with one attached hydrogen (secondary N) is 2. The number of carbonyl (C=O) groups excluding carboxylic acids is 1. The maximum Gasteiger partial charge on any atom is 0.255 e. The van der Waals surface area contributed by atoms with E-state index in [-0.39, 0.29) is 23.3 Å². The first-order valence-corrected chi connectivity index (χ1v) is 9.94. The molecule has 150 valence electrons. The van der Waals surface area contributed by atoms with Gasteiger partial charge in [0.05, 0.1) is 17.3 Å². The first-order valence-electron chi connectivity index (χ1n) is 9.94. The average Bonchev–Trinajstić information content (AvgIpc) is 2.62. The molecule has 1 amide bonds. The van der Waals surface area contributed by atoms with Crippen LogP contribution < -0.4 is 16.2 Å². The molecule has 1 saturated carbocycles. The number of hydrogen-bond acceptors (Lipinski definition) is 3. The van der Waals surface area contributed by atoms with Gasteiger partial charge in [-0.3, -0.25) is 9.59 Å². The third-order valence-corrected chi connectivity index (χ3v) is 5.63. The topological polar surface area (TPSA) is 63.1 Å². The number of anilines is 1. The lowest BCUT2D eigenvalue weighted by Crippen LogP contribution is -2.38. The molecule has 0 unspecified atom stereocenters. The van der Waals surface area contributed by atoms with Crippen molar-refractivity contribution in [1.82, 2.24) is 9.88 Å². The summed E-state index contributed by atoms with van der Waals surface area (Å²) in [7, 11) is 1.70. The molecular weight excluding hydrogens is 357 g/mol. The van der Waals surface area contributed by atoms with Gasteiger partial charge in [0.15, 0.2) is 0 Å². The Balaban J connectivity index is 1.98. The lowest BCUT2D eigenvalue weighted by atomic mass is 9.77. The normalized spacial score (nSPS) is 15.0. The minimum Gasteiger partial charge on any atom is -0.387 e. The largest absolute Gasteiger partial charge is 0.387 e. The lowest BCUT2D eigenvalue weighted by Gasteiger charge is -2.35. The highest BCUT2D eigenvalue weighted by molar-refractivity contribution is 6.00. The lowest BCUT2D eigenvalue weighted by molar-refractivity contribution is 0.0899. The first-order chi connectivity index (χ1) is 13.5. The molecule has 6 heteroatoms. The Labute approximate surface area is 165 Å². The molecule has 1 aliphatic rings. The van der Waals surface area contributed by atoms with Crippen molar-refractivity contribution < 1.29 is 9.18 Å². The van der Waals surface area contributed by atoms with Gasteiger partial charge in [-0.2, -0.15) is 0 Å². The highest BCUT2D eigenvalue weighted by Gasteiger charge is 2.31. The van der Waals surface area contributed by atoms with Crippen LogP contribution in [0.15, 0.2) is 35.1 Å². The fourth-order valence-electron chi connectivity index (χ4n) is 3.91. The second kappa shape index (κ2) is 8.59. The van der Waals surface area contributed by atoms with Crippen molar-refractivity contribution in [1.29, 1.82) is 0 Å². The molecule has 0 radical (unpaired) electrons. The van der Waals surface area contributed by atoms with E-state index in [1.54, 1.807) is 24.6 Å². The molecule has 1 heterocycles. The van der Waals surface area contributed by atoms with E-state index < -0.39 is 0 Å². The smallest absolute Gasteiger partial charge is 0.255 e. The highest BCUT2D eigenvalue weighted by Crippen LogP contribution is 2.38. The maximum atomic E-state index is 13.8. The van der Waals surface area contributed by atoms with Gasteiger partial charge in [0, 0.05) is 25.4 Å². The van der Waals surface area contributed by atoms with Crippen LogP contribution in [0.4, 0.5) is 10.1 Å². The van der Waals surface area contributed by atoms with E-state index in [2.05, 4.69) is 10.6 Å². The van der Waals surface area contributed by atoms with E-state index in [9.17, 15) is 14.0 Å². The fourth-order valence-corrected chi connectivity index (χ4v) is 3.91. The van der Waals surface area contributed by atoms with Crippen molar-refractivity contribution in [3.8, 4) is 0 Å². The summed E-state index contributed by atoms with van der Waals surface area (Å²) in [5.74, 6) is -0.252. The van der Waals surface area contributed by atoms with E-state index in [0.717, 1.165) is 31.2 Å². The van der Waals surface area contributed by atoms with Crippen molar-refractivity contribution in [3.05, 3.63) is 63.3 Å². The van der Waals surface area contributed by atoms with Gasteiger partial charge < -0.3 is 15.2 Å². The number of pyridine rings is 1. The molecule has 1 atom stereocenters. The Morgan fingerprint density at radius 3 is 2.64 bits per heavy atom. The Bertz CT molecular complexity index is 918. The second-order valence-electron chi connectivity index (χ2n) is 7.46. The summed E-state index contributed by atoms with van der Waals surface area (Å²) in [5, 5.41) is 6.09. The quantitative estimate of drug-likeness (QED) is 0.757. The molecule has 1 fully saturated rings. The van der Waals surface area contributed by atoms with Gasteiger partial charge >= 0.3 is 0 Å². The Morgan fingerprint density at radius 2 is 2.07 bits per heavy atom.